The summed E-state index contributed by atoms with van der Waals surface area (Å²) < 4.78 is 5.20. The molecule has 3 aromatic carbocycles. The molecule has 1 N–H and O–H groups in total. The molecule has 0 saturated heterocycles. The van der Waals surface area contributed by atoms with Crippen LogP contribution in [-0.4, -0.2) is 17.9 Å². The maximum atomic E-state index is 10.5. The lowest BCUT2D eigenvalue weighted by Crippen LogP contribution is -2.06. The van der Waals surface area contributed by atoms with Gasteiger partial charge in [0, 0.05) is 28.2 Å². The first kappa shape index (κ1) is 16.7. The predicted molar refractivity (Wildman–Crippen MR) is 107 cm³/mol. The highest BCUT2D eigenvalue weighted by molar-refractivity contribution is 7.99. The number of phenolic OH excluding ortho intramolecular Hbond substituents is 1. The monoisotopic (exact) mass is 361 g/mol. The fourth-order valence-corrected chi connectivity index (χ4v) is 4.35. The standard InChI is InChI=1S/C22H19NO2S/c1-25-16-11-12-17(20(24)13-16)19-14-22(15-7-3-2-4-8-15)26-21-10-6-5-9-18(21)23-19/h2-13,22,24H,14H2,1H3/t22-/m1/s1. The number of methoxy groups -OCH3 is 1. The number of thioether (sulfide) groups is 1. The molecule has 0 bridgehead atoms. The molecule has 0 aromatic heterocycles. The van der Waals surface area contributed by atoms with Crippen LogP contribution in [0.5, 0.6) is 11.5 Å². The number of hydrogen-bond acceptors (Lipinski definition) is 4. The summed E-state index contributed by atoms with van der Waals surface area (Å²) in [7, 11) is 1.59. The van der Waals surface area contributed by atoms with Crippen molar-refractivity contribution < 1.29 is 9.84 Å². The lowest BCUT2D eigenvalue weighted by Gasteiger charge is -2.16. The van der Waals surface area contributed by atoms with Crippen molar-refractivity contribution in [2.75, 3.05) is 7.11 Å². The zero-order chi connectivity index (χ0) is 17.9. The van der Waals surface area contributed by atoms with Crippen LogP contribution in [0.1, 0.15) is 22.8 Å². The number of phenols is 1. The first-order valence-electron chi connectivity index (χ1n) is 8.50. The quantitative estimate of drug-likeness (QED) is 0.645. The van der Waals surface area contributed by atoms with E-state index in [-0.39, 0.29) is 11.0 Å². The third kappa shape index (κ3) is 3.33. The number of hydrogen-bond donors (Lipinski definition) is 1. The number of fused-ring (bicyclic) bond motifs is 1. The lowest BCUT2D eigenvalue weighted by molar-refractivity contribution is 0.407. The van der Waals surface area contributed by atoms with Gasteiger partial charge in [0.25, 0.3) is 0 Å². The Labute approximate surface area is 157 Å². The highest BCUT2D eigenvalue weighted by Gasteiger charge is 2.23. The number of rotatable bonds is 3. The van der Waals surface area contributed by atoms with E-state index in [4.69, 9.17) is 9.73 Å². The largest absolute Gasteiger partial charge is 0.507 e. The van der Waals surface area contributed by atoms with Gasteiger partial charge >= 0.3 is 0 Å². The second kappa shape index (κ2) is 7.26. The van der Waals surface area contributed by atoms with Crippen molar-refractivity contribution >= 4 is 23.2 Å². The average molecular weight is 361 g/mol. The Kier molecular flexibility index (Phi) is 4.67. The molecule has 1 atom stereocenters. The summed E-state index contributed by atoms with van der Waals surface area (Å²) in [6.07, 6.45) is 0.739. The third-order valence-electron chi connectivity index (χ3n) is 4.46. The zero-order valence-electron chi connectivity index (χ0n) is 14.4. The highest BCUT2D eigenvalue weighted by atomic mass is 32.2. The van der Waals surface area contributed by atoms with E-state index in [0.717, 1.165) is 28.3 Å². The topological polar surface area (TPSA) is 41.8 Å². The average Bonchev–Trinajstić information content (AvgIpc) is 2.88. The maximum Gasteiger partial charge on any atom is 0.128 e. The van der Waals surface area contributed by atoms with Gasteiger partial charge < -0.3 is 9.84 Å². The molecule has 4 rings (SSSR count). The molecular formula is C22H19NO2S. The first-order valence-corrected chi connectivity index (χ1v) is 9.38. The van der Waals surface area contributed by atoms with E-state index in [1.807, 2.05) is 48.2 Å². The fraction of sp³-hybridized carbons (Fsp3) is 0.136. The maximum absolute atomic E-state index is 10.5. The Hall–Kier alpha value is -2.72. The van der Waals surface area contributed by atoms with Crippen molar-refractivity contribution in [1.82, 2.24) is 0 Å². The molecule has 3 nitrogen and oxygen atoms in total. The van der Waals surface area contributed by atoms with Crippen LogP contribution in [0.4, 0.5) is 5.69 Å². The van der Waals surface area contributed by atoms with Crippen LogP contribution in [0.2, 0.25) is 0 Å². The number of benzene rings is 3. The van der Waals surface area contributed by atoms with E-state index >= 15 is 0 Å². The van der Waals surface area contributed by atoms with Crippen molar-refractivity contribution in [2.45, 2.75) is 16.6 Å². The van der Waals surface area contributed by atoms with Gasteiger partial charge in [-0.3, -0.25) is 4.99 Å². The number of para-hydroxylation sites is 1. The van der Waals surface area contributed by atoms with Gasteiger partial charge in [-0.2, -0.15) is 0 Å². The minimum absolute atomic E-state index is 0.194. The third-order valence-corrected chi connectivity index (χ3v) is 5.78. The van der Waals surface area contributed by atoms with Crippen molar-refractivity contribution in [3.63, 3.8) is 0 Å². The normalized spacial score (nSPS) is 16.3. The Morgan fingerprint density at radius 3 is 2.54 bits per heavy atom. The van der Waals surface area contributed by atoms with Crippen molar-refractivity contribution in [1.29, 1.82) is 0 Å². The van der Waals surface area contributed by atoms with Crippen LogP contribution < -0.4 is 4.74 Å². The first-order chi connectivity index (χ1) is 12.7. The fourth-order valence-electron chi connectivity index (χ4n) is 3.12. The molecule has 0 fully saturated rings. The molecule has 1 heterocycles. The van der Waals surface area contributed by atoms with Gasteiger partial charge in [-0.05, 0) is 29.8 Å². The smallest absolute Gasteiger partial charge is 0.128 e. The van der Waals surface area contributed by atoms with Gasteiger partial charge in [0.1, 0.15) is 11.5 Å². The summed E-state index contributed by atoms with van der Waals surface area (Å²) >= 11 is 1.82. The lowest BCUT2D eigenvalue weighted by atomic mass is 10.0. The molecule has 4 heteroatoms. The minimum Gasteiger partial charge on any atom is -0.507 e. The van der Waals surface area contributed by atoms with E-state index in [0.29, 0.717) is 5.75 Å². The van der Waals surface area contributed by atoms with Crippen LogP contribution >= 0.6 is 11.8 Å². The number of aliphatic imine (C=N–C) groups is 1. The summed E-state index contributed by atoms with van der Waals surface area (Å²) in [4.78, 5) is 6.05. The Bertz CT molecular complexity index is 953. The summed E-state index contributed by atoms with van der Waals surface area (Å²) in [6, 6.07) is 24.0. The summed E-state index contributed by atoms with van der Waals surface area (Å²) in [6.45, 7) is 0. The highest BCUT2D eigenvalue weighted by Crippen LogP contribution is 2.46. The van der Waals surface area contributed by atoms with E-state index in [9.17, 15) is 5.11 Å². The molecule has 0 radical (unpaired) electrons. The zero-order valence-corrected chi connectivity index (χ0v) is 15.2. The number of nitrogens with zero attached hydrogens (tertiary/aromatic N) is 1. The second-order valence-corrected chi connectivity index (χ2v) is 7.38. The number of ether oxygens (including phenoxy) is 1. The molecule has 0 spiro atoms. The molecule has 0 unspecified atom stereocenters. The van der Waals surface area contributed by atoms with Gasteiger partial charge in [0.2, 0.25) is 0 Å². The van der Waals surface area contributed by atoms with E-state index in [1.165, 1.54) is 5.56 Å². The van der Waals surface area contributed by atoms with E-state index < -0.39 is 0 Å². The van der Waals surface area contributed by atoms with E-state index in [1.54, 1.807) is 13.2 Å². The van der Waals surface area contributed by atoms with Crippen LogP contribution in [0, 0.1) is 0 Å². The molecule has 1 aliphatic heterocycles. The van der Waals surface area contributed by atoms with Crippen LogP contribution in [0.15, 0.2) is 82.7 Å². The molecule has 1 aliphatic rings. The Balaban J connectivity index is 1.81. The van der Waals surface area contributed by atoms with Crippen LogP contribution in [-0.2, 0) is 0 Å². The molecule has 0 amide bonds. The molecule has 3 aromatic rings. The van der Waals surface area contributed by atoms with Gasteiger partial charge in [-0.15, -0.1) is 11.8 Å². The summed E-state index contributed by atoms with van der Waals surface area (Å²) in [5.74, 6) is 0.828. The molecule has 0 aliphatic carbocycles. The van der Waals surface area contributed by atoms with Gasteiger partial charge in [0.05, 0.1) is 18.5 Å². The Morgan fingerprint density at radius 1 is 1.00 bits per heavy atom. The molecular weight excluding hydrogens is 342 g/mol. The predicted octanol–water partition coefficient (Wildman–Crippen LogP) is 5.76. The van der Waals surface area contributed by atoms with Crippen LogP contribution in [0.3, 0.4) is 0 Å². The number of aromatic hydroxyl groups is 1. The molecule has 130 valence electrons. The van der Waals surface area contributed by atoms with E-state index in [2.05, 4.69) is 30.3 Å². The Morgan fingerprint density at radius 2 is 1.77 bits per heavy atom. The molecule has 26 heavy (non-hydrogen) atoms. The SMILES string of the molecule is COc1ccc(C2=Nc3ccccc3S[C@@H](c3ccccc3)C2)c(O)c1. The van der Waals surface area contributed by atoms with Crippen molar-refractivity contribution in [2.24, 2.45) is 4.99 Å². The molecule has 0 saturated carbocycles. The summed E-state index contributed by atoms with van der Waals surface area (Å²) in [5, 5.41) is 10.7. The van der Waals surface area contributed by atoms with Gasteiger partial charge in [-0.25, -0.2) is 0 Å². The van der Waals surface area contributed by atoms with Crippen molar-refractivity contribution in [3.8, 4) is 11.5 Å². The van der Waals surface area contributed by atoms with Crippen LogP contribution in [0.25, 0.3) is 0 Å². The second-order valence-electron chi connectivity index (χ2n) is 6.13. The van der Waals surface area contributed by atoms with Gasteiger partial charge in [0.15, 0.2) is 0 Å². The minimum atomic E-state index is 0.194. The van der Waals surface area contributed by atoms with Gasteiger partial charge in [-0.1, -0.05) is 42.5 Å². The summed E-state index contributed by atoms with van der Waals surface area (Å²) in [5.41, 5.74) is 3.84. The van der Waals surface area contributed by atoms with Crippen molar-refractivity contribution in [3.05, 3.63) is 83.9 Å².